The van der Waals surface area contributed by atoms with Crippen molar-refractivity contribution in [2.45, 2.75) is 76.0 Å². The number of halogens is 2. The van der Waals surface area contributed by atoms with E-state index in [0.29, 0.717) is 19.4 Å². The molecule has 0 saturated heterocycles. The summed E-state index contributed by atoms with van der Waals surface area (Å²) >= 11 is 0. The number of carbonyl (C=O) groups is 1. The maximum absolute atomic E-state index is 13.7. The number of fused-ring (bicyclic) bond motifs is 3. The van der Waals surface area contributed by atoms with Crippen molar-refractivity contribution in [3.05, 3.63) is 48.5 Å². The minimum Gasteiger partial charge on any atom is -0.435 e. The van der Waals surface area contributed by atoms with E-state index in [1.54, 1.807) is 19.1 Å². The third-order valence-corrected chi connectivity index (χ3v) is 8.51. The lowest BCUT2D eigenvalue weighted by Crippen LogP contribution is -2.57. The zero-order valence-electron chi connectivity index (χ0n) is 20.2. The molecule has 7 heteroatoms. The molecule has 0 radical (unpaired) electrons. The molecule has 0 aliphatic heterocycles. The van der Waals surface area contributed by atoms with E-state index in [1.807, 2.05) is 29.2 Å². The number of aliphatic hydroxyl groups is 1. The summed E-state index contributed by atoms with van der Waals surface area (Å²) in [5, 5.41) is 10.3. The van der Waals surface area contributed by atoms with Crippen LogP contribution >= 0.6 is 0 Å². The van der Waals surface area contributed by atoms with E-state index in [-0.39, 0.29) is 28.5 Å². The molecule has 0 spiro atoms. The number of ether oxygens (including phenoxy) is 1. The van der Waals surface area contributed by atoms with Gasteiger partial charge >= 0.3 is 6.61 Å². The Morgan fingerprint density at radius 3 is 2.26 bits per heavy atom. The van der Waals surface area contributed by atoms with Crippen molar-refractivity contribution < 1.29 is 23.4 Å². The first-order valence-corrected chi connectivity index (χ1v) is 12.5. The molecule has 35 heavy (non-hydrogen) atoms. The molecule has 188 valence electrons. The molecule has 0 aromatic heterocycles. The highest BCUT2D eigenvalue weighted by molar-refractivity contribution is 5.96. The molecule has 2 aromatic rings. The summed E-state index contributed by atoms with van der Waals surface area (Å²) in [6.45, 7) is -0.421. The molecule has 4 aliphatic carbocycles. The van der Waals surface area contributed by atoms with Crippen LogP contribution in [0, 0.1) is 11.3 Å². The van der Waals surface area contributed by atoms with Crippen LogP contribution in [0.25, 0.3) is 11.1 Å². The Morgan fingerprint density at radius 2 is 1.69 bits per heavy atom. The molecule has 4 aliphatic rings. The van der Waals surface area contributed by atoms with Crippen molar-refractivity contribution in [1.29, 1.82) is 0 Å². The first-order chi connectivity index (χ1) is 16.6. The second-order valence-corrected chi connectivity index (χ2v) is 11.3. The van der Waals surface area contributed by atoms with Gasteiger partial charge < -0.3 is 20.5 Å². The van der Waals surface area contributed by atoms with Crippen molar-refractivity contribution in [3.63, 3.8) is 0 Å². The van der Waals surface area contributed by atoms with Crippen LogP contribution in [0.15, 0.2) is 48.5 Å². The van der Waals surface area contributed by atoms with E-state index in [1.165, 1.54) is 12.1 Å². The summed E-state index contributed by atoms with van der Waals surface area (Å²) < 4.78 is 29.5. The predicted octanol–water partition coefficient (Wildman–Crippen LogP) is 5.50. The van der Waals surface area contributed by atoms with Gasteiger partial charge in [-0.15, -0.1) is 0 Å². The molecule has 0 heterocycles. The summed E-state index contributed by atoms with van der Waals surface area (Å²) in [6, 6.07) is 14.4. The fourth-order valence-corrected chi connectivity index (χ4v) is 6.24. The smallest absolute Gasteiger partial charge is 0.387 e. The first-order valence-electron chi connectivity index (χ1n) is 12.5. The number of nitrogens with zero attached hydrogens (tertiary/aromatic N) is 1. The number of benzene rings is 2. The summed E-state index contributed by atoms with van der Waals surface area (Å²) in [7, 11) is 0. The molecule has 2 bridgehead atoms. The van der Waals surface area contributed by atoms with E-state index in [2.05, 4.69) is 4.74 Å². The quantitative estimate of drug-likeness (QED) is 0.544. The Balaban J connectivity index is 1.42. The average molecular weight is 485 g/mol. The Labute approximate surface area is 205 Å². The SMILES string of the molecule is CC1(O)CC(C(=O)N(CC23CCC(N)(CC2)CC3)c2cccc(-c3ccc(OC(F)F)cc3)c2)C1. The van der Waals surface area contributed by atoms with E-state index in [0.717, 1.165) is 55.3 Å². The first kappa shape index (κ1) is 24.2. The standard InChI is InChI=1S/C28H34F2N2O3/c1-26(34)16-21(17-26)24(33)32(18-27-9-12-28(31,13-10-27)14-11-27)22-4-2-3-20(15-22)19-5-7-23(8-6-19)35-25(29)30/h2-8,15,21,25,34H,9-14,16-18,31H2,1H3. The van der Waals surface area contributed by atoms with Gasteiger partial charge in [0, 0.05) is 23.7 Å². The maximum Gasteiger partial charge on any atom is 0.387 e. The Morgan fingerprint density at radius 1 is 1.06 bits per heavy atom. The summed E-state index contributed by atoms with van der Waals surface area (Å²) in [5.41, 5.74) is 8.38. The summed E-state index contributed by atoms with van der Waals surface area (Å²) in [6.07, 6.45) is 7.04. The Kier molecular flexibility index (Phi) is 6.12. The van der Waals surface area contributed by atoms with Crippen LogP contribution in [-0.4, -0.2) is 35.3 Å². The molecular weight excluding hydrogens is 450 g/mol. The molecular formula is C28H34F2N2O3. The lowest BCUT2D eigenvalue weighted by molar-refractivity contribution is -0.137. The minimum absolute atomic E-state index is 0.0383. The number of hydrogen-bond acceptors (Lipinski definition) is 4. The number of nitrogens with two attached hydrogens (primary N) is 1. The number of alkyl halides is 2. The maximum atomic E-state index is 13.7. The fraction of sp³-hybridized carbons (Fsp3) is 0.536. The number of amides is 1. The van der Waals surface area contributed by atoms with Gasteiger partial charge in [-0.1, -0.05) is 24.3 Å². The van der Waals surface area contributed by atoms with Crippen LogP contribution < -0.4 is 15.4 Å². The normalized spacial score (nSPS) is 31.8. The highest BCUT2D eigenvalue weighted by atomic mass is 19.3. The van der Waals surface area contributed by atoms with Crippen molar-refractivity contribution in [1.82, 2.24) is 0 Å². The fourth-order valence-electron chi connectivity index (χ4n) is 6.24. The van der Waals surface area contributed by atoms with E-state index < -0.39 is 12.2 Å². The van der Waals surface area contributed by atoms with Crippen LogP contribution in [0.4, 0.5) is 14.5 Å². The molecule has 4 fully saturated rings. The van der Waals surface area contributed by atoms with Crippen LogP contribution in [0.1, 0.15) is 58.3 Å². The number of carbonyl (C=O) groups excluding carboxylic acids is 1. The third kappa shape index (κ3) is 5.07. The summed E-state index contributed by atoms with van der Waals surface area (Å²) in [5.74, 6) is -0.00562. The van der Waals surface area contributed by atoms with Crippen LogP contribution in [-0.2, 0) is 4.79 Å². The van der Waals surface area contributed by atoms with Gasteiger partial charge in [0.15, 0.2) is 0 Å². The minimum atomic E-state index is -2.86. The molecule has 6 rings (SSSR count). The van der Waals surface area contributed by atoms with Crippen LogP contribution in [0.2, 0.25) is 0 Å². The monoisotopic (exact) mass is 484 g/mol. The molecule has 3 N–H and O–H groups in total. The van der Waals surface area contributed by atoms with Gasteiger partial charge in [-0.05, 0) is 99.1 Å². The molecule has 4 saturated carbocycles. The van der Waals surface area contributed by atoms with Gasteiger partial charge in [0.05, 0.1) is 5.60 Å². The predicted molar refractivity (Wildman–Crippen MR) is 131 cm³/mol. The van der Waals surface area contributed by atoms with Crippen LogP contribution in [0.5, 0.6) is 5.75 Å². The van der Waals surface area contributed by atoms with Crippen molar-refractivity contribution in [2.24, 2.45) is 17.1 Å². The molecule has 0 unspecified atom stereocenters. The molecule has 1 amide bonds. The Bertz CT molecular complexity index is 1050. The lowest BCUT2D eigenvalue weighted by atomic mass is 9.57. The van der Waals surface area contributed by atoms with E-state index >= 15 is 0 Å². The van der Waals surface area contributed by atoms with Crippen molar-refractivity contribution >= 4 is 11.6 Å². The van der Waals surface area contributed by atoms with Crippen LogP contribution in [0.3, 0.4) is 0 Å². The van der Waals surface area contributed by atoms with Gasteiger partial charge in [-0.3, -0.25) is 4.79 Å². The highest BCUT2D eigenvalue weighted by Crippen LogP contribution is 2.52. The number of hydrogen-bond donors (Lipinski definition) is 2. The van der Waals surface area contributed by atoms with E-state index in [4.69, 9.17) is 5.73 Å². The van der Waals surface area contributed by atoms with Gasteiger partial charge in [0.1, 0.15) is 5.75 Å². The molecule has 0 atom stereocenters. The molecule has 2 aromatic carbocycles. The van der Waals surface area contributed by atoms with Gasteiger partial charge in [-0.25, -0.2) is 0 Å². The number of rotatable bonds is 7. The van der Waals surface area contributed by atoms with Crippen molar-refractivity contribution in [2.75, 3.05) is 11.4 Å². The second kappa shape index (κ2) is 8.86. The van der Waals surface area contributed by atoms with E-state index in [9.17, 15) is 18.7 Å². The lowest BCUT2D eigenvalue weighted by Gasteiger charge is -2.53. The van der Waals surface area contributed by atoms with Gasteiger partial charge in [0.25, 0.3) is 0 Å². The topological polar surface area (TPSA) is 75.8 Å². The van der Waals surface area contributed by atoms with Gasteiger partial charge in [-0.2, -0.15) is 8.78 Å². The largest absolute Gasteiger partial charge is 0.435 e. The van der Waals surface area contributed by atoms with Crippen molar-refractivity contribution in [3.8, 4) is 16.9 Å². The highest BCUT2D eigenvalue weighted by Gasteiger charge is 2.50. The Hall–Kier alpha value is -2.51. The average Bonchev–Trinajstić information content (AvgIpc) is 2.82. The number of anilines is 1. The third-order valence-electron chi connectivity index (χ3n) is 8.51. The molecule has 5 nitrogen and oxygen atoms in total. The summed E-state index contributed by atoms with van der Waals surface area (Å²) in [4.78, 5) is 15.7. The zero-order chi connectivity index (χ0) is 24.8. The second-order valence-electron chi connectivity index (χ2n) is 11.3. The van der Waals surface area contributed by atoms with Gasteiger partial charge in [0.2, 0.25) is 5.91 Å². The zero-order valence-corrected chi connectivity index (χ0v) is 20.2.